The third kappa shape index (κ3) is 2.72. The Kier molecular flexibility index (Phi) is 4.02. The first-order chi connectivity index (χ1) is 8.59. The van der Waals surface area contributed by atoms with E-state index in [4.69, 9.17) is 0 Å². The van der Waals surface area contributed by atoms with Crippen LogP contribution >= 0.6 is 0 Å². The van der Waals surface area contributed by atoms with Gasteiger partial charge < -0.3 is 10.6 Å². The van der Waals surface area contributed by atoms with Crippen molar-refractivity contribution in [3.8, 4) is 0 Å². The molecule has 1 saturated heterocycles. The molecule has 3 heteroatoms. The van der Waals surface area contributed by atoms with E-state index in [1.807, 2.05) is 6.92 Å². The number of anilines is 1. The van der Waals surface area contributed by atoms with Crippen molar-refractivity contribution < 1.29 is 4.79 Å². The van der Waals surface area contributed by atoms with Gasteiger partial charge in [0.2, 0.25) is 5.91 Å². The van der Waals surface area contributed by atoms with E-state index in [1.165, 1.54) is 17.5 Å². The van der Waals surface area contributed by atoms with Gasteiger partial charge in [-0.05, 0) is 56.8 Å². The number of hydrogen-bond acceptors (Lipinski definition) is 2. The van der Waals surface area contributed by atoms with Gasteiger partial charge in [-0.3, -0.25) is 4.79 Å². The van der Waals surface area contributed by atoms with E-state index in [-0.39, 0.29) is 11.9 Å². The number of hydrogen-bond donors (Lipinski definition) is 2. The summed E-state index contributed by atoms with van der Waals surface area (Å²) < 4.78 is 0. The fourth-order valence-corrected chi connectivity index (χ4v) is 2.43. The summed E-state index contributed by atoms with van der Waals surface area (Å²) in [5.74, 6) is 0.103. The molecule has 0 unspecified atom stereocenters. The van der Waals surface area contributed by atoms with Crippen molar-refractivity contribution in [2.45, 2.75) is 46.1 Å². The van der Waals surface area contributed by atoms with Crippen LogP contribution in [0.25, 0.3) is 0 Å². The molecule has 0 spiro atoms. The second kappa shape index (κ2) is 5.53. The third-order valence-corrected chi connectivity index (χ3v) is 3.82. The second-order valence-electron chi connectivity index (χ2n) is 5.19. The molecular weight excluding hydrogens is 224 g/mol. The molecule has 0 saturated carbocycles. The largest absolute Gasteiger partial charge is 0.324 e. The van der Waals surface area contributed by atoms with Crippen LogP contribution in [-0.2, 0) is 4.79 Å². The first-order valence-electron chi connectivity index (χ1n) is 6.70. The van der Waals surface area contributed by atoms with Crippen LogP contribution < -0.4 is 10.6 Å². The van der Waals surface area contributed by atoms with E-state index in [2.05, 4.69) is 36.6 Å². The van der Waals surface area contributed by atoms with Gasteiger partial charge in [-0.25, -0.2) is 0 Å². The average molecular weight is 246 g/mol. The van der Waals surface area contributed by atoms with Crippen molar-refractivity contribution in [3.05, 3.63) is 28.8 Å². The van der Waals surface area contributed by atoms with Gasteiger partial charge >= 0.3 is 0 Å². The summed E-state index contributed by atoms with van der Waals surface area (Å²) in [4.78, 5) is 12.2. The molecule has 1 aromatic rings. The van der Waals surface area contributed by atoms with E-state index in [0.29, 0.717) is 0 Å². The van der Waals surface area contributed by atoms with Gasteiger partial charge in [-0.15, -0.1) is 0 Å². The molecule has 0 aromatic heterocycles. The maximum atomic E-state index is 12.2. The normalized spacial score (nSPS) is 19.6. The topological polar surface area (TPSA) is 41.1 Å². The lowest BCUT2D eigenvalue weighted by molar-refractivity contribution is -0.118. The van der Waals surface area contributed by atoms with Gasteiger partial charge in [0.25, 0.3) is 0 Å². The van der Waals surface area contributed by atoms with Crippen LogP contribution in [0.15, 0.2) is 12.1 Å². The summed E-state index contributed by atoms with van der Waals surface area (Å²) in [6.07, 6.45) is 3.25. The molecule has 2 N–H and O–H groups in total. The molecular formula is C15H22N2O. The molecule has 1 fully saturated rings. The number of aryl methyl sites for hydroxylation is 2. The van der Waals surface area contributed by atoms with Gasteiger partial charge in [0, 0.05) is 5.69 Å². The summed E-state index contributed by atoms with van der Waals surface area (Å²) in [6, 6.07) is 4.13. The van der Waals surface area contributed by atoms with Crippen LogP contribution in [0.3, 0.4) is 0 Å². The maximum Gasteiger partial charge on any atom is 0.241 e. The molecule has 3 nitrogen and oxygen atoms in total. The van der Waals surface area contributed by atoms with Crippen LogP contribution in [-0.4, -0.2) is 18.5 Å². The lowest BCUT2D eigenvalue weighted by Gasteiger charge is -2.23. The zero-order valence-electron chi connectivity index (χ0n) is 11.5. The summed E-state index contributed by atoms with van der Waals surface area (Å²) >= 11 is 0. The number of benzene rings is 1. The second-order valence-corrected chi connectivity index (χ2v) is 5.19. The Balaban J connectivity index is 2.13. The fraction of sp³-hybridized carbons (Fsp3) is 0.533. The van der Waals surface area contributed by atoms with Gasteiger partial charge in [-0.2, -0.15) is 0 Å². The first-order valence-corrected chi connectivity index (χ1v) is 6.70. The number of piperidine rings is 1. The quantitative estimate of drug-likeness (QED) is 0.842. The molecule has 98 valence electrons. The monoisotopic (exact) mass is 246 g/mol. The molecule has 2 rings (SSSR count). The molecule has 1 aliphatic heterocycles. The lowest BCUT2D eigenvalue weighted by atomic mass is 10.0. The highest BCUT2D eigenvalue weighted by Crippen LogP contribution is 2.23. The van der Waals surface area contributed by atoms with Gasteiger partial charge in [0.05, 0.1) is 6.04 Å². The fourth-order valence-electron chi connectivity index (χ4n) is 2.43. The Bertz CT molecular complexity index is 448. The molecule has 1 aliphatic rings. The zero-order chi connectivity index (χ0) is 13.1. The number of carbonyl (C=O) groups is 1. The maximum absolute atomic E-state index is 12.2. The van der Waals surface area contributed by atoms with Crippen LogP contribution in [0.4, 0.5) is 5.69 Å². The molecule has 1 amide bonds. The summed E-state index contributed by atoms with van der Waals surface area (Å²) in [6.45, 7) is 7.12. The highest BCUT2D eigenvalue weighted by molar-refractivity contribution is 5.96. The summed E-state index contributed by atoms with van der Waals surface area (Å²) in [5.41, 5.74) is 4.49. The zero-order valence-corrected chi connectivity index (χ0v) is 11.5. The molecule has 1 aromatic carbocycles. The van der Waals surface area contributed by atoms with E-state index >= 15 is 0 Å². The van der Waals surface area contributed by atoms with Crippen LogP contribution in [0.1, 0.15) is 36.0 Å². The molecule has 18 heavy (non-hydrogen) atoms. The Morgan fingerprint density at radius 1 is 1.22 bits per heavy atom. The Morgan fingerprint density at radius 3 is 2.61 bits per heavy atom. The SMILES string of the molecule is Cc1ccc(C)c(NC(=O)[C@@H]2CCCCN2)c1C. The highest BCUT2D eigenvalue weighted by atomic mass is 16.2. The van der Waals surface area contributed by atoms with Gasteiger partial charge in [-0.1, -0.05) is 18.6 Å². The predicted octanol–water partition coefficient (Wildman–Crippen LogP) is 2.69. The van der Waals surface area contributed by atoms with Crippen LogP contribution in [0.5, 0.6) is 0 Å². The predicted molar refractivity (Wildman–Crippen MR) is 74.9 cm³/mol. The summed E-state index contributed by atoms with van der Waals surface area (Å²) in [5, 5.41) is 6.37. The van der Waals surface area contributed by atoms with Crippen molar-refractivity contribution in [3.63, 3.8) is 0 Å². The first kappa shape index (κ1) is 13.1. The van der Waals surface area contributed by atoms with Crippen molar-refractivity contribution >= 4 is 11.6 Å². The van der Waals surface area contributed by atoms with Crippen LogP contribution in [0, 0.1) is 20.8 Å². The van der Waals surface area contributed by atoms with Crippen molar-refractivity contribution in [1.82, 2.24) is 5.32 Å². The molecule has 1 heterocycles. The average Bonchev–Trinajstić information content (AvgIpc) is 2.40. The van der Waals surface area contributed by atoms with E-state index in [9.17, 15) is 4.79 Å². The van der Waals surface area contributed by atoms with E-state index in [0.717, 1.165) is 30.6 Å². The minimum Gasteiger partial charge on any atom is -0.324 e. The standard InChI is InChI=1S/C15H22N2O/c1-10-7-8-11(2)14(12(10)3)17-15(18)13-6-4-5-9-16-13/h7-8,13,16H,4-6,9H2,1-3H3,(H,17,18)/t13-/m0/s1. The highest BCUT2D eigenvalue weighted by Gasteiger charge is 2.21. The van der Waals surface area contributed by atoms with E-state index < -0.39 is 0 Å². The van der Waals surface area contributed by atoms with Crippen molar-refractivity contribution in [2.24, 2.45) is 0 Å². The smallest absolute Gasteiger partial charge is 0.241 e. The Labute approximate surface area is 109 Å². The number of amides is 1. The number of carbonyl (C=O) groups excluding carboxylic acids is 1. The number of rotatable bonds is 2. The molecule has 1 atom stereocenters. The van der Waals surface area contributed by atoms with Crippen LogP contribution in [0.2, 0.25) is 0 Å². The minimum absolute atomic E-state index is 0.0296. The van der Waals surface area contributed by atoms with E-state index in [1.54, 1.807) is 0 Å². The molecule has 0 radical (unpaired) electrons. The third-order valence-electron chi connectivity index (χ3n) is 3.82. The minimum atomic E-state index is -0.0296. The summed E-state index contributed by atoms with van der Waals surface area (Å²) in [7, 11) is 0. The Morgan fingerprint density at radius 2 is 1.94 bits per heavy atom. The van der Waals surface area contributed by atoms with Crippen molar-refractivity contribution in [2.75, 3.05) is 11.9 Å². The molecule has 0 bridgehead atoms. The molecule has 0 aliphatic carbocycles. The van der Waals surface area contributed by atoms with Gasteiger partial charge in [0.15, 0.2) is 0 Å². The van der Waals surface area contributed by atoms with Crippen molar-refractivity contribution in [1.29, 1.82) is 0 Å². The van der Waals surface area contributed by atoms with Gasteiger partial charge in [0.1, 0.15) is 0 Å². The lowest BCUT2D eigenvalue weighted by Crippen LogP contribution is -2.43. The Hall–Kier alpha value is -1.35. The number of nitrogens with one attached hydrogen (secondary N) is 2.